The number of allylic oxidation sites excluding steroid dienone is 1. The molecule has 1 N–H and O–H groups in total. The average Bonchev–Trinajstić information content (AvgIpc) is 3.20. The van der Waals surface area contributed by atoms with Gasteiger partial charge in [-0.2, -0.15) is 5.10 Å². The second-order valence-corrected chi connectivity index (χ2v) is 7.29. The molecule has 0 unspecified atom stereocenters. The smallest absolute Gasteiger partial charge is 0.224 e. The first kappa shape index (κ1) is 18.2. The van der Waals surface area contributed by atoms with Gasteiger partial charge in [0.25, 0.3) is 0 Å². The Morgan fingerprint density at radius 1 is 1.14 bits per heavy atom. The number of fused-ring (bicyclic) bond motifs is 1. The number of hydrogen-bond acceptors (Lipinski definition) is 3. The second-order valence-electron chi connectivity index (χ2n) is 7.29. The molecule has 1 aliphatic carbocycles. The lowest BCUT2D eigenvalue weighted by Crippen LogP contribution is -2.24. The van der Waals surface area contributed by atoms with Crippen molar-refractivity contribution in [1.29, 1.82) is 0 Å². The highest BCUT2D eigenvalue weighted by Gasteiger charge is 2.25. The quantitative estimate of drug-likeness (QED) is 0.742. The predicted molar refractivity (Wildman–Crippen MR) is 110 cm³/mol. The van der Waals surface area contributed by atoms with Crippen LogP contribution in [0.25, 0.3) is 16.5 Å². The Morgan fingerprint density at radius 3 is 2.71 bits per heavy atom. The van der Waals surface area contributed by atoms with Crippen molar-refractivity contribution in [3.8, 4) is 0 Å². The molecule has 3 aromatic rings. The maximum atomic E-state index is 12.6. The van der Waals surface area contributed by atoms with Crippen LogP contribution in [0.4, 0.5) is 0 Å². The summed E-state index contributed by atoms with van der Waals surface area (Å²) in [7, 11) is 1.90. The average molecular weight is 373 g/mol. The van der Waals surface area contributed by atoms with Gasteiger partial charge in [-0.25, -0.2) is 0 Å². The number of aryl methyl sites for hydroxylation is 2. The lowest BCUT2D eigenvalue weighted by molar-refractivity contribution is -0.122. The molecule has 5 heteroatoms. The Bertz CT molecular complexity index is 1090. The topological polar surface area (TPSA) is 64.0 Å². The van der Waals surface area contributed by atoms with E-state index in [1.54, 1.807) is 0 Å². The molecule has 5 nitrogen and oxygen atoms in total. The lowest BCUT2D eigenvalue weighted by Gasteiger charge is -2.08. The number of aromatic nitrogens is 2. The van der Waals surface area contributed by atoms with E-state index in [4.69, 9.17) is 0 Å². The fourth-order valence-corrected chi connectivity index (χ4v) is 3.86. The van der Waals surface area contributed by atoms with Crippen molar-refractivity contribution >= 4 is 28.2 Å². The minimum Gasteiger partial charge on any atom is -0.350 e. The summed E-state index contributed by atoms with van der Waals surface area (Å²) in [6.07, 6.45) is 1.31. The van der Waals surface area contributed by atoms with E-state index in [1.807, 2.05) is 55.1 Å². The third-order valence-electron chi connectivity index (χ3n) is 5.30. The van der Waals surface area contributed by atoms with Crippen molar-refractivity contribution in [3.63, 3.8) is 0 Å². The van der Waals surface area contributed by atoms with Gasteiger partial charge in [-0.15, -0.1) is 0 Å². The Balaban J connectivity index is 1.50. The molecule has 1 aliphatic rings. The molecule has 2 aromatic carbocycles. The molecule has 0 spiro atoms. The van der Waals surface area contributed by atoms with Gasteiger partial charge in [-0.05, 0) is 36.6 Å². The first-order valence-electron chi connectivity index (χ1n) is 9.52. The summed E-state index contributed by atoms with van der Waals surface area (Å²) in [6.45, 7) is 2.39. The van der Waals surface area contributed by atoms with Crippen LogP contribution < -0.4 is 5.32 Å². The molecule has 0 atom stereocenters. The van der Waals surface area contributed by atoms with Gasteiger partial charge in [0.2, 0.25) is 5.91 Å². The number of ketones is 1. The van der Waals surface area contributed by atoms with E-state index in [9.17, 15) is 9.59 Å². The highest BCUT2D eigenvalue weighted by molar-refractivity contribution is 6.10. The molecule has 1 amide bonds. The summed E-state index contributed by atoms with van der Waals surface area (Å²) in [6, 6.07) is 16.0. The van der Waals surface area contributed by atoms with Crippen LogP contribution in [0.3, 0.4) is 0 Å². The standard InChI is InChI=1S/C23H23N3O2/c1-15-8-10-21-19(12-15)20(25-26(21)2)14-24-23(28)13-18-17(9-11-22(18)27)16-6-4-3-5-7-16/h3-8,10,12H,9,11,13-14H2,1-2H3,(H,24,28). The van der Waals surface area contributed by atoms with Crippen LogP contribution in [0.15, 0.2) is 54.1 Å². The van der Waals surface area contributed by atoms with Gasteiger partial charge in [-0.3, -0.25) is 14.3 Å². The fourth-order valence-electron chi connectivity index (χ4n) is 3.86. The second kappa shape index (κ2) is 7.43. The summed E-state index contributed by atoms with van der Waals surface area (Å²) in [5.41, 5.74) is 5.70. The van der Waals surface area contributed by atoms with Gasteiger partial charge in [0.1, 0.15) is 0 Å². The van der Waals surface area contributed by atoms with Crippen molar-refractivity contribution in [3.05, 3.63) is 70.9 Å². The number of carbonyl (C=O) groups excluding carboxylic acids is 2. The van der Waals surface area contributed by atoms with Crippen molar-refractivity contribution in [2.75, 3.05) is 0 Å². The number of carbonyl (C=O) groups is 2. The number of benzene rings is 2. The van der Waals surface area contributed by atoms with E-state index in [-0.39, 0.29) is 18.1 Å². The molecule has 28 heavy (non-hydrogen) atoms. The fraction of sp³-hybridized carbons (Fsp3) is 0.261. The first-order chi connectivity index (χ1) is 13.5. The first-order valence-corrected chi connectivity index (χ1v) is 9.52. The molecule has 4 rings (SSSR count). The zero-order valence-electron chi connectivity index (χ0n) is 16.2. The molecule has 0 saturated heterocycles. The molecule has 142 valence electrons. The number of nitrogens with zero attached hydrogens (tertiary/aromatic N) is 2. The highest BCUT2D eigenvalue weighted by Crippen LogP contribution is 2.33. The number of nitrogens with one attached hydrogen (secondary N) is 1. The molecular weight excluding hydrogens is 350 g/mol. The monoisotopic (exact) mass is 373 g/mol. The molecule has 0 bridgehead atoms. The third kappa shape index (κ3) is 3.48. The summed E-state index contributed by atoms with van der Waals surface area (Å²) < 4.78 is 1.83. The van der Waals surface area contributed by atoms with E-state index in [1.165, 1.54) is 0 Å². The Kier molecular flexibility index (Phi) is 4.82. The van der Waals surface area contributed by atoms with Gasteiger partial charge in [0, 0.05) is 24.4 Å². The summed E-state index contributed by atoms with van der Waals surface area (Å²) in [4.78, 5) is 24.9. The number of hydrogen-bond donors (Lipinski definition) is 1. The SMILES string of the molecule is Cc1ccc2c(c1)c(CNC(=O)CC1=C(c3ccccc3)CCC1=O)nn2C. The normalized spacial score (nSPS) is 14.1. The minimum atomic E-state index is -0.148. The van der Waals surface area contributed by atoms with Crippen molar-refractivity contribution in [1.82, 2.24) is 15.1 Å². The number of rotatable bonds is 5. The van der Waals surface area contributed by atoms with Gasteiger partial charge >= 0.3 is 0 Å². The van der Waals surface area contributed by atoms with Crippen molar-refractivity contribution in [2.24, 2.45) is 7.05 Å². The minimum absolute atomic E-state index is 0.0768. The molecule has 0 aliphatic heterocycles. The van der Waals surface area contributed by atoms with Gasteiger partial charge in [-0.1, -0.05) is 42.0 Å². The Labute approximate surface area is 164 Å². The number of amides is 1. The van der Waals surface area contributed by atoms with E-state index in [2.05, 4.69) is 22.5 Å². The zero-order valence-corrected chi connectivity index (χ0v) is 16.2. The lowest BCUT2D eigenvalue weighted by atomic mass is 10.00. The predicted octanol–water partition coefficient (Wildman–Crippen LogP) is 3.70. The van der Waals surface area contributed by atoms with Crippen LogP contribution in [0.1, 0.15) is 36.1 Å². The molecule has 0 radical (unpaired) electrons. The van der Waals surface area contributed by atoms with E-state index < -0.39 is 0 Å². The van der Waals surface area contributed by atoms with E-state index >= 15 is 0 Å². The van der Waals surface area contributed by atoms with E-state index in [0.717, 1.165) is 33.3 Å². The third-order valence-corrected chi connectivity index (χ3v) is 5.30. The van der Waals surface area contributed by atoms with Crippen LogP contribution in [0, 0.1) is 6.92 Å². The molecule has 1 aromatic heterocycles. The van der Waals surface area contributed by atoms with Crippen molar-refractivity contribution < 1.29 is 9.59 Å². The number of Topliss-reactive ketones (excluding diaryl/α,β-unsaturated/α-hetero) is 1. The van der Waals surface area contributed by atoms with Gasteiger partial charge in [0.05, 0.1) is 24.2 Å². The van der Waals surface area contributed by atoms with Crippen LogP contribution in [0.2, 0.25) is 0 Å². The maximum Gasteiger partial charge on any atom is 0.224 e. The van der Waals surface area contributed by atoms with Gasteiger partial charge in [0.15, 0.2) is 5.78 Å². The summed E-state index contributed by atoms with van der Waals surface area (Å²) >= 11 is 0. The summed E-state index contributed by atoms with van der Waals surface area (Å²) in [5, 5.41) is 8.52. The largest absolute Gasteiger partial charge is 0.350 e. The zero-order chi connectivity index (χ0) is 19.7. The van der Waals surface area contributed by atoms with Gasteiger partial charge < -0.3 is 5.32 Å². The molecular formula is C23H23N3O2. The van der Waals surface area contributed by atoms with Crippen LogP contribution in [-0.2, 0) is 23.2 Å². The Hall–Kier alpha value is -3.21. The van der Waals surface area contributed by atoms with Crippen LogP contribution >= 0.6 is 0 Å². The maximum absolute atomic E-state index is 12.6. The molecule has 0 saturated carbocycles. The van der Waals surface area contributed by atoms with Crippen LogP contribution in [-0.4, -0.2) is 21.5 Å². The van der Waals surface area contributed by atoms with Crippen molar-refractivity contribution in [2.45, 2.75) is 32.7 Å². The van der Waals surface area contributed by atoms with Crippen LogP contribution in [0.5, 0.6) is 0 Å². The molecule has 1 heterocycles. The molecule has 0 fully saturated rings. The van der Waals surface area contributed by atoms with E-state index in [0.29, 0.717) is 25.0 Å². The highest BCUT2D eigenvalue weighted by atomic mass is 16.2. The Morgan fingerprint density at radius 2 is 1.93 bits per heavy atom. The summed E-state index contributed by atoms with van der Waals surface area (Å²) in [5.74, 6) is -0.0712.